The Morgan fingerprint density at radius 2 is 2.06 bits per heavy atom. The molecule has 2 heteroatoms. The van der Waals surface area contributed by atoms with Gasteiger partial charge in [0.1, 0.15) is 0 Å². The first-order valence-corrected chi connectivity index (χ1v) is 7.01. The highest BCUT2D eigenvalue weighted by atomic mass is 79.9. The Morgan fingerprint density at radius 1 is 1.31 bits per heavy atom. The smallest absolute Gasteiger partial charge is 0.0222 e. The second-order valence-electron chi connectivity index (χ2n) is 4.88. The first kappa shape index (κ1) is 12.1. The van der Waals surface area contributed by atoms with Gasteiger partial charge in [-0.2, -0.15) is 0 Å². The highest BCUT2D eigenvalue weighted by molar-refractivity contribution is 9.10. The van der Waals surface area contributed by atoms with Crippen molar-refractivity contribution in [2.75, 3.05) is 6.54 Å². The summed E-state index contributed by atoms with van der Waals surface area (Å²) in [6.45, 7) is 4.29. The Bertz CT molecular complexity index is 343. The predicted molar refractivity (Wildman–Crippen MR) is 72.5 cm³/mol. The Morgan fingerprint density at radius 3 is 2.75 bits per heavy atom. The van der Waals surface area contributed by atoms with Crippen LogP contribution in [-0.4, -0.2) is 6.54 Å². The molecule has 0 unspecified atom stereocenters. The molecular weight excluding hydrogens is 262 g/mol. The fourth-order valence-corrected chi connectivity index (χ4v) is 3.05. The fourth-order valence-electron chi connectivity index (χ4n) is 2.42. The van der Waals surface area contributed by atoms with E-state index < -0.39 is 0 Å². The van der Waals surface area contributed by atoms with Gasteiger partial charge in [-0.25, -0.2) is 0 Å². The summed E-state index contributed by atoms with van der Waals surface area (Å²) in [6, 6.07) is 6.57. The average Bonchev–Trinajstić information content (AvgIpc) is 2.74. The highest BCUT2D eigenvalue weighted by Crippen LogP contribution is 2.24. The van der Waals surface area contributed by atoms with Gasteiger partial charge in [0.2, 0.25) is 0 Å². The second-order valence-corrected chi connectivity index (χ2v) is 5.73. The molecule has 0 spiro atoms. The summed E-state index contributed by atoms with van der Waals surface area (Å²) in [5.41, 5.74) is 2.68. The number of rotatable bonds is 4. The molecule has 1 nitrogen and oxygen atoms in total. The van der Waals surface area contributed by atoms with Crippen LogP contribution >= 0.6 is 15.9 Å². The van der Waals surface area contributed by atoms with E-state index in [-0.39, 0.29) is 0 Å². The van der Waals surface area contributed by atoms with Gasteiger partial charge in [0.25, 0.3) is 0 Å². The molecular formula is C14H20BrN. The van der Waals surface area contributed by atoms with Gasteiger partial charge in [-0.1, -0.05) is 40.9 Å². The van der Waals surface area contributed by atoms with Crippen molar-refractivity contribution < 1.29 is 0 Å². The van der Waals surface area contributed by atoms with Crippen molar-refractivity contribution in [3.05, 3.63) is 33.8 Å². The molecule has 0 aliphatic heterocycles. The first-order chi connectivity index (χ1) is 7.75. The average molecular weight is 282 g/mol. The summed E-state index contributed by atoms with van der Waals surface area (Å²) >= 11 is 3.62. The van der Waals surface area contributed by atoms with Crippen LogP contribution in [0.4, 0.5) is 0 Å². The van der Waals surface area contributed by atoms with Crippen LogP contribution < -0.4 is 5.32 Å². The molecule has 0 heterocycles. The fraction of sp³-hybridized carbons (Fsp3) is 0.571. The third kappa shape index (κ3) is 3.33. The second kappa shape index (κ2) is 5.83. The van der Waals surface area contributed by atoms with Gasteiger partial charge in [-0.15, -0.1) is 0 Å². The Hall–Kier alpha value is -0.340. The molecule has 0 atom stereocenters. The van der Waals surface area contributed by atoms with Gasteiger partial charge in [0.15, 0.2) is 0 Å². The molecule has 1 aliphatic carbocycles. The maximum atomic E-state index is 3.62. The maximum Gasteiger partial charge on any atom is 0.0222 e. The van der Waals surface area contributed by atoms with Gasteiger partial charge in [0.05, 0.1) is 0 Å². The van der Waals surface area contributed by atoms with E-state index in [0.717, 1.165) is 12.5 Å². The topological polar surface area (TPSA) is 12.0 Å². The van der Waals surface area contributed by atoms with E-state index in [1.807, 2.05) is 0 Å². The Kier molecular flexibility index (Phi) is 4.42. The standard InChI is InChI=1S/C14H20BrN/c1-11-6-7-13(14(15)8-11)10-16-9-12-4-2-3-5-12/h6-8,12,16H,2-5,9-10H2,1H3. The van der Waals surface area contributed by atoms with Crippen molar-refractivity contribution >= 4 is 15.9 Å². The van der Waals surface area contributed by atoms with Crippen molar-refractivity contribution in [2.45, 2.75) is 39.2 Å². The first-order valence-electron chi connectivity index (χ1n) is 6.21. The number of nitrogens with one attached hydrogen (secondary N) is 1. The van der Waals surface area contributed by atoms with Crippen molar-refractivity contribution in [3.8, 4) is 0 Å². The normalized spacial score (nSPS) is 16.9. The van der Waals surface area contributed by atoms with Crippen LogP contribution in [0.3, 0.4) is 0 Å². The largest absolute Gasteiger partial charge is 0.312 e. The number of hydrogen-bond donors (Lipinski definition) is 1. The lowest BCUT2D eigenvalue weighted by Gasteiger charge is -2.11. The van der Waals surface area contributed by atoms with E-state index in [9.17, 15) is 0 Å². The van der Waals surface area contributed by atoms with Crippen LogP contribution in [0.25, 0.3) is 0 Å². The zero-order valence-corrected chi connectivity index (χ0v) is 11.5. The van der Waals surface area contributed by atoms with Crippen molar-refractivity contribution in [1.29, 1.82) is 0 Å². The van der Waals surface area contributed by atoms with Crippen LogP contribution in [0.2, 0.25) is 0 Å². The monoisotopic (exact) mass is 281 g/mol. The van der Waals surface area contributed by atoms with E-state index in [4.69, 9.17) is 0 Å². The molecule has 1 N–H and O–H groups in total. The third-order valence-corrected chi connectivity index (χ3v) is 4.17. The Balaban J connectivity index is 1.80. The van der Waals surface area contributed by atoms with Gasteiger partial charge in [0, 0.05) is 11.0 Å². The van der Waals surface area contributed by atoms with Gasteiger partial charge < -0.3 is 5.32 Å². The minimum absolute atomic E-state index is 0.921. The zero-order valence-electron chi connectivity index (χ0n) is 9.93. The molecule has 1 aromatic carbocycles. The quantitative estimate of drug-likeness (QED) is 0.879. The van der Waals surface area contributed by atoms with Crippen LogP contribution in [0.15, 0.2) is 22.7 Å². The lowest BCUT2D eigenvalue weighted by Crippen LogP contribution is -2.20. The molecule has 0 radical (unpaired) electrons. The Labute approximate surface area is 107 Å². The molecule has 1 aromatic rings. The van der Waals surface area contributed by atoms with E-state index in [2.05, 4.69) is 46.4 Å². The molecule has 1 fully saturated rings. The molecule has 0 bridgehead atoms. The molecule has 0 aromatic heterocycles. The zero-order chi connectivity index (χ0) is 11.4. The van der Waals surface area contributed by atoms with Crippen LogP contribution in [0.1, 0.15) is 36.8 Å². The lowest BCUT2D eigenvalue weighted by atomic mass is 10.1. The van der Waals surface area contributed by atoms with Gasteiger partial charge >= 0.3 is 0 Å². The number of hydrogen-bond acceptors (Lipinski definition) is 1. The van der Waals surface area contributed by atoms with Gasteiger partial charge in [-0.05, 0) is 49.4 Å². The van der Waals surface area contributed by atoms with Gasteiger partial charge in [-0.3, -0.25) is 0 Å². The molecule has 2 rings (SSSR count). The molecule has 1 saturated carbocycles. The van der Waals surface area contributed by atoms with E-state index in [1.54, 1.807) is 0 Å². The van der Waals surface area contributed by atoms with Crippen molar-refractivity contribution in [3.63, 3.8) is 0 Å². The van der Waals surface area contributed by atoms with Crippen LogP contribution in [0.5, 0.6) is 0 Å². The summed E-state index contributed by atoms with van der Waals surface area (Å²) in [5.74, 6) is 0.921. The molecule has 1 aliphatic rings. The SMILES string of the molecule is Cc1ccc(CNCC2CCCC2)c(Br)c1. The molecule has 16 heavy (non-hydrogen) atoms. The number of benzene rings is 1. The van der Waals surface area contributed by atoms with Crippen molar-refractivity contribution in [1.82, 2.24) is 5.32 Å². The molecule has 0 amide bonds. The lowest BCUT2D eigenvalue weighted by molar-refractivity contribution is 0.489. The third-order valence-electron chi connectivity index (χ3n) is 3.43. The minimum atomic E-state index is 0.921. The number of aryl methyl sites for hydroxylation is 1. The number of halogens is 1. The van der Waals surface area contributed by atoms with Crippen LogP contribution in [-0.2, 0) is 6.54 Å². The predicted octanol–water partition coefficient (Wildman–Crippen LogP) is 4.04. The maximum absolute atomic E-state index is 3.62. The summed E-state index contributed by atoms with van der Waals surface area (Å²) in [4.78, 5) is 0. The highest BCUT2D eigenvalue weighted by Gasteiger charge is 2.14. The van der Waals surface area contributed by atoms with Crippen molar-refractivity contribution in [2.24, 2.45) is 5.92 Å². The van der Waals surface area contributed by atoms with E-state index >= 15 is 0 Å². The van der Waals surface area contributed by atoms with Crippen LogP contribution in [0, 0.1) is 12.8 Å². The summed E-state index contributed by atoms with van der Waals surface area (Å²) in [5, 5.41) is 3.57. The molecule has 0 saturated heterocycles. The summed E-state index contributed by atoms with van der Waals surface area (Å²) < 4.78 is 1.23. The summed E-state index contributed by atoms with van der Waals surface area (Å²) in [6.07, 6.45) is 5.70. The van der Waals surface area contributed by atoms with E-state index in [0.29, 0.717) is 0 Å². The minimum Gasteiger partial charge on any atom is -0.312 e. The summed E-state index contributed by atoms with van der Waals surface area (Å²) in [7, 11) is 0. The molecule has 88 valence electrons. The van der Waals surface area contributed by atoms with E-state index in [1.165, 1.54) is 47.8 Å².